The van der Waals surface area contributed by atoms with Crippen LogP contribution in [-0.4, -0.2) is 33.8 Å². The van der Waals surface area contributed by atoms with E-state index in [2.05, 4.69) is 46.7 Å². The average molecular weight is 432 g/mol. The van der Waals surface area contributed by atoms with E-state index in [9.17, 15) is 10.2 Å². The van der Waals surface area contributed by atoms with Gasteiger partial charge in [-0.25, -0.2) is 0 Å². The number of aliphatic hydroxyl groups excluding tert-OH is 2. The van der Waals surface area contributed by atoms with Crippen molar-refractivity contribution in [3.8, 4) is 0 Å². The normalized spacial score (nSPS) is 46.4. The Bertz CT molecular complexity index is 772. The molecule has 31 heavy (non-hydrogen) atoms. The highest BCUT2D eigenvalue weighted by atomic mass is 16.4. The maximum Gasteiger partial charge on any atom is 0.0619 e. The van der Waals surface area contributed by atoms with E-state index < -0.39 is 6.10 Å². The highest BCUT2D eigenvalue weighted by molar-refractivity contribution is 5.56. The van der Waals surface area contributed by atoms with Gasteiger partial charge in [-0.2, -0.15) is 0 Å². The highest BCUT2D eigenvalue weighted by Crippen LogP contribution is 2.72. The summed E-state index contributed by atoms with van der Waals surface area (Å²) in [4.78, 5) is 0. The number of rotatable bonds is 4. The van der Waals surface area contributed by atoms with Crippen LogP contribution in [0.15, 0.2) is 16.3 Å². The summed E-state index contributed by atoms with van der Waals surface area (Å²) in [5, 5.41) is 33.4. The van der Waals surface area contributed by atoms with Gasteiger partial charge in [0.25, 0.3) is 0 Å². The summed E-state index contributed by atoms with van der Waals surface area (Å²) >= 11 is 0. The van der Waals surface area contributed by atoms with Gasteiger partial charge in [0.1, 0.15) is 0 Å². The second-order valence-corrected chi connectivity index (χ2v) is 12.7. The molecule has 0 aromatic rings. The highest BCUT2D eigenvalue weighted by Gasteiger charge is 2.63. The quantitative estimate of drug-likeness (QED) is 0.223. The monoisotopic (exact) mass is 431 g/mol. The van der Waals surface area contributed by atoms with E-state index in [4.69, 9.17) is 5.21 Å². The first-order valence-electron chi connectivity index (χ1n) is 12.7. The number of aliphatic hydroxyl groups is 2. The molecule has 4 aliphatic carbocycles. The SMILES string of the molecule is C[C@H](C(O)C/C=N/O)C1CC[C@@]2(C)C3=C(CC[C@]12C)[C@@]1(C)CC[C@H](O)C(C)(C)C1CC3. The lowest BCUT2D eigenvalue weighted by Crippen LogP contribution is -2.55. The van der Waals surface area contributed by atoms with Crippen molar-refractivity contribution in [2.75, 3.05) is 0 Å². The topological polar surface area (TPSA) is 73.1 Å². The Morgan fingerprint density at radius 3 is 2.39 bits per heavy atom. The van der Waals surface area contributed by atoms with Crippen LogP contribution in [0.4, 0.5) is 0 Å². The molecule has 0 aliphatic heterocycles. The Labute approximate surface area is 189 Å². The first-order valence-corrected chi connectivity index (χ1v) is 12.7. The standard InChI is InChI=1S/C27H45NO3/c1-17(21(29)12-16-28-31)18-9-14-27(6)20-7-8-22-24(2,3)23(30)11-13-25(22,4)19(20)10-15-26(18,27)5/h16-18,21-23,29-31H,7-15H2,1-6H3/b28-16+/t17-,18?,21?,22?,23-,25+,26+,27-/m0/s1. The van der Waals surface area contributed by atoms with Crippen molar-refractivity contribution in [3.63, 3.8) is 0 Å². The second-order valence-electron chi connectivity index (χ2n) is 12.7. The van der Waals surface area contributed by atoms with Crippen molar-refractivity contribution in [1.29, 1.82) is 0 Å². The predicted molar refractivity (Wildman–Crippen MR) is 125 cm³/mol. The molecule has 8 atom stereocenters. The van der Waals surface area contributed by atoms with Gasteiger partial charge < -0.3 is 15.4 Å². The molecular weight excluding hydrogens is 386 g/mol. The summed E-state index contributed by atoms with van der Waals surface area (Å²) in [6.45, 7) is 14.3. The van der Waals surface area contributed by atoms with Crippen LogP contribution in [0.5, 0.6) is 0 Å². The molecule has 4 nitrogen and oxygen atoms in total. The van der Waals surface area contributed by atoms with Crippen molar-refractivity contribution >= 4 is 6.21 Å². The maximum atomic E-state index is 10.8. The molecule has 3 N–H and O–H groups in total. The van der Waals surface area contributed by atoms with Gasteiger partial charge in [0.15, 0.2) is 0 Å². The van der Waals surface area contributed by atoms with E-state index in [1.807, 2.05) is 0 Å². The van der Waals surface area contributed by atoms with Crippen molar-refractivity contribution in [2.45, 2.75) is 112 Å². The van der Waals surface area contributed by atoms with E-state index in [1.165, 1.54) is 44.7 Å². The van der Waals surface area contributed by atoms with Gasteiger partial charge >= 0.3 is 0 Å². The fourth-order valence-corrected chi connectivity index (χ4v) is 9.20. The number of fused-ring (bicyclic) bond motifs is 4. The van der Waals surface area contributed by atoms with Crippen LogP contribution >= 0.6 is 0 Å². The Hall–Kier alpha value is -0.870. The Morgan fingerprint density at radius 1 is 1.00 bits per heavy atom. The van der Waals surface area contributed by atoms with Crippen molar-refractivity contribution in [1.82, 2.24) is 0 Å². The van der Waals surface area contributed by atoms with Gasteiger partial charge in [-0.15, -0.1) is 5.16 Å². The first-order chi connectivity index (χ1) is 14.4. The van der Waals surface area contributed by atoms with Crippen LogP contribution in [0.1, 0.15) is 99.3 Å². The largest absolute Gasteiger partial charge is 0.411 e. The fourth-order valence-electron chi connectivity index (χ4n) is 9.20. The van der Waals surface area contributed by atoms with Crippen LogP contribution in [0.25, 0.3) is 0 Å². The maximum absolute atomic E-state index is 10.8. The number of hydrogen-bond acceptors (Lipinski definition) is 4. The molecular formula is C27H45NO3. The van der Waals surface area contributed by atoms with E-state index in [0.29, 0.717) is 18.3 Å². The van der Waals surface area contributed by atoms with Crippen LogP contribution < -0.4 is 0 Å². The van der Waals surface area contributed by atoms with Gasteiger partial charge in [-0.1, -0.05) is 52.7 Å². The number of oxime groups is 1. The molecule has 4 rings (SSSR count). The Kier molecular flexibility index (Phi) is 5.70. The lowest BCUT2D eigenvalue weighted by atomic mass is 9.43. The number of hydrogen-bond donors (Lipinski definition) is 3. The van der Waals surface area contributed by atoms with Gasteiger partial charge in [0, 0.05) is 12.6 Å². The molecule has 0 spiro atoms. The summed E-state index contributed by atoms with van der Waals surface area (Å²) in [6.07, 6.45) is 10.4. The minimum atomic E-state index is -0.454. The summed E-state index contributed by atoms with van der Waals surface area (Å²) in [6, 6.07) is 0. The third-order valence-corrected chi connectivity index (χ3v) is 11.5. The number of nitrogens with zero attached hydrogens (tertiary/aromatic N) is 1. The third-order valence-electron chi connectivity index (χ3n) is 11.5. The molecule has 0 radical (unpaired) electrons. The minimum Gasteiger partial charge on any atom is -0.411 e. The summed E-state index contributed by atoms with van der Waals surface area (Å²) in [5.74, 6) is 1.25. The minimum absolute atomic E-state index is 0.0156. The molecule has 0 aromatic heterocycles. The van der Waals surface area contributed by atoms with Gasteiger partial charge in [0.05, 0.1) is 12.2 Å². The molecule has 0 aromatic carbocycles. The van der Waals surface area contributed by atoms with Crippen LogP contribution in [0.2, 0.25) is 0 Å². The van der Waals surface area contributed by atoms with E-state index >= 15 is 0 Å². The predicted octanol–water partition coefficient (Wildman–Crippen LogP) is 5.94. The molecule has 176 valence electrons. The fraction of sp³-hybridized carbons (Fsp3) is 0.889. The van der Waals surface area contributed by atoms with Crippen molar-refractivity contribution in [2.24, 2.45) is 44.6 Å². The molecule has 2 fully saturated rings. The van der Waals surface area contributed by atoms with Gasteiger partial charge in [-0.05, 0) is 90.8 Å². The lowest BCUT2D eigenvalue weighted by molar-refractivity contribution is -0.0969. The van der Waals surface area contributed by atoms with Crippen molar-refractivity contribution < 1.29 is 15.4 Å². The van der Waals surface area contributed by atoms with Crippen LogP contribution in [0, 0.1) is 39.4 Å². The third kappa shape index (κ3) is 3.10. The zero-order valence-electron chi connectivity index (χ0n) is 20.6. The van der Waals surface area contributed by atoms with Crippen molar-refractivity contribution in [3.05, 3.63) is 11.1 Å². The molecule has 0 saturated heterocycles. The average Bonchev–Trinajstić information content (AvgIpc) is 3.00. The number of allylic oxidation sites excluding steroid dienone is 2. The van der Waals surface area contributed by atoms with E-state index in [-0.39, 0.29) is 33.7 Å². The molecule has 2 saturated carbocycles. The summed E-state index contributed by atoms with van der Waals surface area (Å²) in [7, 11) is 0. The summed E-state index contributed by atoms with van der Waals surface area (Å²) in [5.41, 5.74) is 4.10. The second kappa shape index (κ2) is 7.58. The molecule has 3 unspecified atom stereocenters. The molecule has 4 aliphatic rings. The Balaban J connectivity index is 1.69. The first kappa shape index (κ1) is 23.3. The molecule has 0 bridgehead atoms. The van der Waals surface area contributed by atoms with Crippen LogP contribution in [0.3, 0.4) is 0 Å². The Morgan fingerprint density at radius 2 is 1.71 bits per heavy atom. The smallest absolute Gasteiger partial charge is 0.0619 e. The molecule has 0 amide bonds. The lowest BCUT2D eigenvalue weighted by Gasteiger charge is -2.62. The summed E-state index contributed by atoms with van der Waals surface area (Å²) < 4.78 is 0. The van der Waals surface area contributed by atoms with E-state index in [0.717, 1.165) is 12.8 Å². The zero-order chi connectivity index (χ0) is 22.8. The zero-order valence-corrected chi connectivity index (χ0v) is 20.6. The van der Waals surface area contributed by atoms with E-state index in [1.54, 1.807) is 11.1 Å². The van der Waals surface area contributed by atoms with Gasteiger partial charge in [-0.3, -0.25) is 0 Å². The van der Waals surface area contributed by atoms with Gasteiger partial charge in [0.2, 0.25) is 0 Å². The molecule has 0 heterocycles. The van der Waals surface area contributed by atoms with Crippen LogP contribution in [-0.2, 0) is 0 Å². The molecule has 4 heteroatoms.